The average molecular weight is 266 g/mol. The molecule has 0 aliphatic heterocycles. The maximum Gasteiger partial charge on any atom is 0.147 e. The highest BCUT2D eigenvalue weighted by Crippen LogP contribution is 2.40. The molecule has 17 heavy (non-hydrogen) atoms. The number of hydrogen-bond donors (Lipinski definition) is 0. The number of rotatable bonds is 3. The van der Waals surface area contributed by atoms with Gasteiger partial charge in [-0.15, -0.1) is 0 Å². The highest BCUT2D eigenvalue weighted by molar-refractivity contribution is 6.43. The van der Waals surface area contributed by atoms with Gasteiger partial charge in [0.2, 0.25) is 0 Å². The molecule has 0 atom stereocenters. The lowest BCUT2D eigenvalue weighted by molar-refractivity contribution is 0.363. The monoisotopic (exact) mass is 265 g/mol. The molecule has 0 bridgehead atoms. The van der Waals surface area contributed by atoms with E-state index >= 15 is 0 Å². The summed E-state index contributed by atoms with van der Waals surface area (Å²) in [4.78, 5) is 0. The zero-order valence-corrected chi connectivity index (χ0v) is 10.6. The number of benzene rings is 2. The van der Waals surface area contributed by atoms with Gasteiger partial charge >= 0.3 is 0 Å². The SMILES string of the molecule is [CH2]COc1c(-c2ccccc2)ccc(Cl)c1Cl. The Morgan fingerprint density at radius 3 is 2.35 bits per heavy atom. The smallest absolute Gasteiger partial charge is 0.147 e. The van der Waals surface area contributed by atoms with Crippen LogP contribution in [0.4, 0.5) is 0 Å². The van der Waals surface area contributed by atoms with Crippen molar-refractivity contribution in [3.63, 3.8) is 0 Å². The Morgan fingerprint density at radius 1 is 1.00 bits per heavy atom. The fraction of sp³-hybridized carbons (Fsp3) is 0.0714. The normalized spacial score (nSPS) is 10.3. The summed E-state index contributed by atoms with van der Waals surface area (Å²) in [6.07, 6.45) is 0. The van der Waals surface area contributed by atoms with Gasteiger partial charge in [0.1, 0.15) is 10.8 Å². The Labute approximate surface area is 111 Å². The van der Waals surface area contributed by atoms with E-state index in [-0.39, 0.29) is 0 Å². The van der Waals surface area contributed by atoms with Crippen LogP contribution in [-0.2, 0) is 0 Å². The standard InChI is InChI=1S/C14H11Cl2O/c1-2-17-14-11(8-9-12(15)13(14)16)10-6-4-3-5-7-10/h3-9H,1-2H2. The van der Waals surface area contributed by atoms with Crippen molar-refractivity contribution in [3.8, 4) is 16.9 Å². The molecule has 0 unspecified atom stereocenters. The first-order valence-corrected chi connectivity index (χ1v) is 5.95. The van der Waals surface area contributed by atoms with Gasteiger partial charge in [-0.3, -0.25) is 0 Å². The summed E-state index contributed by atoms with van der Waals surface area (Å²) in [5, 5.41) is 0.909. The summed E-state index contributed by atoms with van der Waals surface area (Å²) in [6, 6.07) is 13.5. The van der Waals surface area contributed by atoms with Crippen molar-refractivity contribution in [2.75, 3.05) is 6.61 Å². The average Bonchev–Trinajstić information content (AvgIpc) is 2.36. The summed E-state index contributed by atoms with van der Waals surface area (Å²) >= 11 is 12.1. The van der Waals surface area contributed by atoms with Gasteiger partial charge in [0, 0.05) is 5.56 Å². The second-order valence-corrected chi connectivity index (χ2v) is 4.24. The summed E-state index contributed by atoms with van der Waals surface area (Å²) in [5.41, 5.74) is 1.96. The van der Waals surface area contributed by atoms with Gasteiger partial charge in [0.15, 0.2) is 0 Å². The predicted octanol–water partition coefficient (Wildman–Crippen LogP) is 4.87. The van der Waals surface area contributed by atoms with E-state index in [1.165, 1.54) is 0 Å². The van der Waals surface area contributed by atoms with Crippen molar-refractivity contribution < 1.29 is 4.74 Å². The minimum absolute atomic E-state index is 0.305. The van der Waals surface area contributed by atoms with Gasteiger partial charge in [-0.05, 0) is 24.6 Å². The first-order chi connectivity index (χ1) is 8.24. The van der Waals surface area contributed by atoms with Gasteiger partial charge in [-0.25, -0.2) is 0 Å². The fourth-order valence-electron chi connectivity index (χ4n) is 1.62. The fourth-order valence-corrected chi connectivity index (χ4v) is 1.99. The number of hydrogen-bond acceptors (Lipinski definition) is 1. The summed E-state index contributed by atoms with van der Waals surface area (Å²) in [6.45, 7) is 3.97. The maximum atomic E-state index is 6.14. The minimum atomic E-state index is 0.305. The molecule has 0 saturated carbocycles. The molecular formula is C14H11Cl2O. The van der Waals surface area contributed by atoms with Gasteiger partial charge in [0.25, 0.3) is 0 Å². The number of halogens is 2. The molecule has 1 radical (unpaired) electrons. The molecule has 0 saturated heterocycles. The minimum Gasteiger partial charge on any atom is -0.491 e. The zero-order chi connectivity index (χ0) is 12.3. The molecule has 0 spiro atoms. The Balaban J connectivity index is 2.58. The molecule has 0 N–H and O–H groups in total. The van der Waals surface area contributed by atoms with Crippen LogP contribution in [0.2, 0.25) is 10.0 Å². The predicted molar refractivity (Wildman–Crippen MR) is 72.8 cm³/mol. The Hall–Kier alpha value is -1.18. The van der Waals surface area contributed by atoms with Gasteiger partial charge in [0.05, 0.1) is 11.6 Å². The van der Waals surface area contributed by atoms with Crippen LogP contribution in [0.25, 0.3) is 11.1 Å². The van der Waals surface area contributed by atoms with Crippen molar-refractivity contribution >= 4 is 23.2 Å². The first-order valence-electron chi connectivity index (χ1n) is 5.19. The topological polar surface area (TPSA) is 9.23 Å². The zero-order valence-electron chi connectivity index (χ0n) is 9.12. The van der Waals surface area contributed by atoms with Gasteiger partial charge in [-0.2, -0.15) is 0 Å². The van der Waals surface area contributed by atoms with E-state index in [1.54, 1.807) is 6.07 Å². The van der Waals surface area contributed by atoms with E-state index in [2.05, 4.69) is 6.92 Å². The van der Waals surface area contributed by atoms with E-state index in [9.17, 15) is 0 Å². The number of ether oxygens (including phenoxy) is 1. The molecule has 87 valence electrons. The van der Waals surface area contributed by atoms with Crippen LogP contribution in [0.3, 0.4) is 0 Å². The molecule has 0 amide bonds. The van der Waals surface area contributed by atoms with E-state index in [1.807, 2.05) is 36.4 Å². The molecule has 0 fully saturated rings. The summed E-state index contributed by atoms with van der Waals surface area (Å²) < 4.78 is 5.48. The van der Waals surface area contributed by atoms with E-state index < -0.39 is 0 Å². The van der Waals surface area contributed by atoms with Crippen LogP contribution in [-0.4, -0.2) is 6.61 Å². The molecule has 2 rings (SSSR count). The Morgan fingerprint density at radius 2 is 1.71 bits per heavy atom. The lowest BCUT2D eigenvalue weighted by Crippen LogP contribution is -1.95. The van der Waals surface area contributed by atoms with Crippen molar-refractivity contribution in [2.24, 2.45) is 0 Å². The van der Waals surface area contributed by atoms with Crippen molar-refractivity contribution in [1.82, 2.24) is 0 Å². The summed E-state index contributed by atoms with van der Waals surface area (Å²) in [5.74, 6) is 0.584. The lowest BCUT2D eigenvalue weighted by Gasteiger charge is -2.13. The molecule has 2 aromatic rings. The largest absolute Gasteiger partial charge is 0.491 e. The first kappa shape index (κ1) is 12.3. The van der Waals surface area contributed by atoms with E-state index in [0.717, 1.165) is 11.1 Å². The van der Waals surface area contributed by atoms with Crippen LogP contribution in [0.1, 0.15) is 0 Å². The highest BCUT2D eigenvalue weighted by atomic mass is 35.5. The highest BCUT2D eigenvalue weighted by Gasteiger charge is 2.13. The van der Waals surface area contributed by atoms with Crippen LogP contribution in [0, 0.1) is 6.92 Å². The van der Waals surface area contributed by atoms with Crippen molar-refractivity contribution in [1.29, 1.82) is 0 Å². The molecule has 2 aromatic carbocycles. The molecular weight excluding hydrogens is 255 g/mol. The second kappa shape index (κ2) is 5.44. The van der Waals surface area contributed by atoms with E-state index in [4.69, 9.17) is 27.9 Å². The maximum absolute atomic E-state index is 6.14. The third-order valence-corrected chi connectivity index (χ3v) is 3.17. The summed E-state index contributed by atoms with van der Waals surface area (Å²) in [7, 11) is 0. The second-order valence-electron chi connectivity index (χ2n) is 3.45. The molecule has 0 aromatic heterocycles. The van der Waals surface area contributed by atoms with Crippen LogP contribution in [0.15, 0.2) is 42.5 Å². The molecule has 3 heteroatoms. The Bertz CT molecular complexity index is 509. The third kappa shape index (κ3) is 2.56. The molecule has 1 nitrogen and oxygen atoms in total. The Kier molecular flexibility index (Phi) is 3.93. The van der Waals surface area contributed by atoms with Gasteiger partial charge < -0.3 is 4.74 Å². The third-order valence-electron chi connectivity index (χ3n) is 2.38. The van der Waals surface area contributed by atoms with Crippen molar-refractivity contribution in [3.05, 3.63) is 59.4 Å². The van der Waals surface area contributed by atoms with Crippen LogP contribution in [0.5, 0.6) is 5.75 Å². The van der Waals surface area contributed by atoms with Crippen LogP contribution < -0.4 is 4.74 Å². The lowest BCUT2D eigenvalue weighted by atomic mass is 10.0. The molecule has 0 aliphatic rings. The molecule has 0 heterocycles. The van der Waals surface area contributed by atoms with Crippen molar-refractivity contribution in [2.45, 2.75) is 0 Å². The van der Waals surface area contributed by atoms with E-state index in [0.29, 0.717) is 22.4 Å². The quantitative estimate of drug-likeness (QED) is 0.769. The molecule has 0 aliphatic carbocycles. The van der Waals surface area contributed by atoms with Gasteiger partial charge in [-0.1, -0.05) is 53.5 Å². The van der Waals surface area contributed by atoms with Crippen LogP contribution >= 0.6 is 23.2 Å².